The van der Waals surface area contributed by atoms with Crippen molar-refractivity contribution in [1.29, 1.82) is 0 Å². The van der Waals surface area contributed by atoms with Crippen LogP contribution in [0.15, 0.2) is 59.5 Å². The normalized spacial score (nSPS) is 11.2. The van der Waals surface area contributed by atoms with Gasteiger partial charge in [-0.15, -0.1) is 11.3 Å². The average molecular weight is 422 g/mol. The SMILES string of the molecule is COC(=O)c1c(NS(=O)(=O)c2ccccc2Cl)sc(C)c1-c1ccccc1. The molecule has 0 saturated carbocycles. The zero-order valence-electron chi connectivity index (χ0n) is 14.5. The van der Waals surface area contributed by atoms with Crippen LogP contribution in [0.4, 0.5) is 5.00 Å². The van der Waals surface area contributed by atoms with Crippen LogP contribution < -0.4 is 4.72 Å². The fraction of sp³-hybridized carbons (Fsp3) is 0.105. The molecule has 0 amide bonds. The van der Waals surface area contributed by atoms with E-state index < -0.39 is 16.0 Å². The Morgan fingerprint density at radius 3 is 2.33 bits per heavy atom. The number of ether oxygens (including phenoxy) is 1. The summed E-state index contributed by atoms with van der Waals surface area (Å²) >= 11 is 7.20. The minimum Gasteiger partial charge on any atom is -0.465 e. The standard InChI is InChI=1S/C19H16ClNO4S2/c1-12-16(13-8-4-3-5-9-13)17(19(22)25-2)18(26-12)21-27(23,24)15-11-7-6-10-14(15)20/h3-11,21H,1-2H3. The van der Waals surface area contributed by atoms with Gasteiger partial charge in [0.1, 0.15) is 15.5 Å². The molecule has 2 aromatic carbocycles. The third-order valence-corrected chi connectivity index (χ3v) is 6.89. The lowest BCUT2D eigenvalue weighted by Gasteiger charge is -2.10. The Hall–Kier alpha value is -2.35. The lowest BCUT2D eigenvalue weighted by Crippen LogP contribution is -2.15. The lowest BCUT2D eigenvalue weighted by atomic mass is 10.0. The van der Waals surface area contributed by atoms with Crippen LogP contribution in [0.3, 0.4) is 0 Å². The first-order valence-corrected chi connectivity index (χ1v) is 10.6. The number of aryl methyl sites for hydroxylation is 1. The van der Waals surface area contributed by atoms with E-state index in [-0.39, 0.29) is 20.5 Å². The molecule has 1 N–H and O–H groups in total. The molecule has 0 aliphatic rings. The van der Waals surface area contributed by atoms with Crippen molar-refractivity contribution in [3.05, 3.63) is 70.1 Å². The second-order valence-corrected chi connectivity index (χ2v) is 8.91. The topological polar surface area (TPSA) is 72.5 Å². The summed E-state index contributed by atoms with van der Waals surface area (Å²) in [5.41, 5.74) is 1.63. The molecule has 140 valence electrons. The van der Waals surface area contributed by atoms with E-state index in [9.17, 15) is 13.2 Å². The quantitative estimate of drug-likeness (QED) is 0.590. The highest BCUT2D eigenvalue weighted by molar-refractivity contribution is 7.93. The molecular formula is C19H16ClNO4S2. The van der Waals surface area contributed by atoms with E-state index in [2.05, 4.69) is 4.72 Å². The molecule has 0 bridgehead atoms. The van der Waals surface area contributed by atoms with Gasteiger partial charge in [0.25, 0.3) is 10.0 Å². The lowest BCUT2D eigenvalue weighted by molar-refractivity contribution is 0.0603. The fourth-order valence-electron chi connectivity index (χ4n) is 2.71. The maximum atomic E-state index is 12.8. The van der Waals surface area contributed by atoms with Gasteiger partial charge in [-0.1, -0.05) is 54.1 Å². The second-order valence-electron chi connectivity index (χ2n) is 5.63. The first-order chi connectivity index (χ1) is 12.8. The molecule has 1 aromatic heterocycles. The molecule has 0 spiro atoms. The van der Waals surface area contributed by atoms with Gasteiger partial charge in [0, 0.05) is 10.4 Å². The molecule has 0 atom stereocenters. The van der Waals surface area contributed by atoms with E-state index in [1.807, 2.05) is 37.3 Å². The number of halogens is 1. The van der Waals surface area contributed by atoms with Crippen LogP contribution >= 0.6 is 22.9 Å². The van der Waals surface area contributed by atoms with Gasteiger partial charge in [-0.25, -0.2) is 13.2 Å². The van der Waals surface area contributed by atoms with Crippen LogP contribution in [0.2, 0.25) is 5.02 Å². The number of benzene rings is 2. The minimum absolute atomic E-state index is 0.0604. The maximum Gasteiger partial charge on any atom is 0.341 e. The van der Waals surface area contributed by atoms with E-state index in [1.54, 1.807) is 12.1 Å². The van der Waals surface area contributed by atoms with Gasteiger partial charge in [0.05, 0.1) is 12.1 Å². The molecule has 3 rings (SSSR count). The summed E-state index contributed by atoms with van der Waals surface area (Å²) < 4.78 is 33.0. The molecule has 3 aromatic rings. The van der Waals surface area contributed by atoms with Gasteiger partial charge in [-0.05, 0) is 24.6 Å². The number of hydrogen-bond donors (Lipinski definition) is 1. The van der Waals surface area contributed by atoms with Crippen LogP contribution in [0, 0.1) is 6.92 Å². The zero-order chi connectivity index (χ0) is 19.6. The van der Waals surface area contributed by atoms with Crippen molar-refractivity contribution in [1.82, 2.24) is 0 Å². The number of anilines is 1. The Bertz CT molecular complexity index is 1090. The van der Waals surface area contributed by atoms with Crippen molar-refractivity contribution in [2.24, 2.45) is 0 Å². The molecule has 0 radical (unpaired) electrons. The zero-order valence-corrected chi connectivity index (χ0v) is 16.9. The molecule has 5 nitrogen and oxygen atoms in total. The number of carbonyl (C=O) groups excluding carboxylic acids is 1. The third kappa shape index (κ3) is 3.85. The van der Waals surface area contributed by atoms with Crippen LogP contribution in [-0.2, 0) is 14.8 Å². The Morgan fingerprint density at radius 1 is 1.07 bits per heavy atom. The Kier molecular flexibility index (Phi) is 5.55. The average Bonchev–Trinajstić information content (AvgIpc) is 2.97. The number of carbonyl (C=O) groups is 1. The first-order valence-electron chi connectivity index (χ1n) is 7.89. The number of sulfonamides is 1. The largest absolute Gasteiger partial charge is 0.465 e. The molecule has 27 heavy (non-hydrogen) atoms. The minimum atomic E-state index is -3.97. The number of rotatable bonds is 5. The Morgan fingerprint density at radius 2 is 1.70 bits per heavy atom. The molecule has 0 aliphatic carbocycles. The van der Waals surface area contributed by atoms with Crippen LogP contribution in [0.1, 0.15) is 15.2 Å². The third-order valence-electron chi connectivity index (χ3n) is 3.89. The van der Waals surface area contributed by atoms with Gasteiger partial charge in [0.2, 0.25) is 0 Å². The maximum absolute atomic E-state index is 12.8. The van der Waals surface area contributed by atoms with Gasteiger partial charge in [0.15, 0.2) is 0 Å². The molecule has 0 unspecified atom stereocenters. The van der Waals surface area contributed by atoms with Crippen molar-refractivity contribution in [2.75, 3.05) is 11.8 Å². The van der Waals surface area contributed by atoms with Crippen molar-refractivity contribution in [2.45, 2.75) is 11.8 Å². The smallest absolute Gasteiger partial charge is 0.341 e. The predicted molar refractivity (Wildman–Crippen MR) is 108 cm³/mol. The van der Waals surface area contributed by atoms with Gasteiger partial charge in [-0.2, -0.15) is 0 Å². The molecular weight excluding hydrogens is 406 g/mol. The molecule has 8 heteroatoms. The summed E-state index contributed by atoms with van der Waals surface area (Å²) in [4.78, 5) is 13.2. The monoisotopic (exact) mass is 421 g/mol. The molecule has 1 heterocycles. The highest BCUT2D eigenvalue weighted by Gasteiger charge is 2.27. The van der Waals surface area contributed by atoms with Gasteiger partial charge < -0.3 is 4.74 Å². The van der Waals surface area contributed by atoms with E-state index in [0.717, 1.165) is 10.4 Å². The molecule has 0 fully saturated rings. The highest BCUT2D eigenvalue weighted by Crippen LogP contribution is 2.41. The van der Waals surface area contributed by atoms with Gasteiger partial charge in [-0.3, -0.25) is 4.72 Å². The van der Waals surface area contributed by atoms with Crippen molar-refractivity contribution < 1.29 is 17.9 Å². The van der Waals surface area contributed by atoms with E-state index in [4.69, 9.17) is 16.3 Å². The summed E-state index contributed by atoms with van der Waals surface area (Å²) in [6.45, 7) is 1.83. The molecule has 0 aliphatic heterocycles. The summed E-state index contributed by atoms with van der Waals surface area (Å²) in [6.07, 6.45) is 0. The van der Waals surface area contributed by atoms with Crippen molar-refractivity contribution in [3.8, 4) is 11.1 Å². The summed E-state index contributed by atoms with van der Waals surface area (Å²) in [7, 11) is -2.71. The molecule has 0 saturated heterocycles. The number of nitrogens with one attached hydrogen (secondary N) is 1. The van der Waals surface area contributed by atoms with E-state index >= 15 is 0 Å². The summed E-state index contributed by atoms with van der Waals surface area (Å²) in [6, 6.07) is 15.4. The number of esters is 1. The van der Waals surface area contributed by atoms with Gasteiger partial charge >= 0.3 is 5.97 Å². The van der Waals surface area contributed by atoms with E-state index in [1.165, 1.54) is 30.6 Å². The highest BCUT2D eigenvalue weighted by atomic mass is 35.5. The van der Waals surface area contributed by atoms with Crippen molar-refractivity contribution in [3.63, 3.8) is 0 Å². The number of methoxy groups -OCH3 is 1. The predicted octanol–water partition coefficient (Wildman–Crippen LogP) is 4.96. The number of hydrogen-bond acceptors (Lipinski definition) is 5. The van der Waals surface area contributed by atoms with Crippen LogP contribution in [0.25, 0.3) is 11.1 Å². The van der Waals surface area contributed by atoms with Crippen LogP contribution in [0.5, 0.6) is 0 Å². The fourth-order valence-corrected chi connectivity index (χ4v) is 5.60. The van der Waals surface area contributed by atoms with Crippen LogP contribution in [-0.4, -0.2) is 21.5 Å². The second kappa shape index (κ2) is 7.72. The Balaban J connectivity index is 2.14. The van der Waals surface area contributed by atoms with E-state index in [0.29, 0.717) is 5.56 Å². The summed E-state index contributed by atoms with van der Waals surface area (Å²) in [5, 5.41) is 0.291. The summed E-state index contributed by atoms with van der Waals surface area (Å²) in [5.74, 6) is -0.616. The van der Waals surface area contributed by atoms with Crippen molar-refractivity contribution >= 4 is 43.9 Å². The number of thiophene rings is 1. The first kappa shape index (κ1) is 19.4. The Labute approximate surface area is 166 Å².